The van der Waals surface area contributed by atoms with Crippen LogP contribution in [0.2, 0.25) is 0 Å². The molecule has 0 saturated carbocycles. The number of sulfone groups is 1. The van der Waals surface area contributed by atoms with Crippen LogP contribution in [0.5, 0.6) is 11.5 Å². The Morgan fingerprint density at radius 1 is 1.21 bits per heavy atom. The summed E-state index contributed by atoms with van der Waals surface area (Å²) in [5.41, 5.74) is 2.14. The number of anilines is 1. The Hall–Kier alpha value is -3.11. The number of ether oxygens (including phenoxy) is 2. The monoisotopic (exact) mass is 489 g/mol. The van der Waals surface area contributed by atoms with Gasteiger partial charge in [-0.3, -0.25) is 9.59 Å². The molecule has 1 heterocycles. The number of hydrogen-bond acceptors (Lipinski definition) is 7. The number of carbonyl (C=O) groups excluding carboxylic acids is 2. The molecule has 0 aromatic heterocycles. The molecule has 0 saturated heterocycles. The third-order valence-electron chi connectivity index (χ3n) is 5.41. The second-order valence-corrected chi connectivity index (χ2v) is 10.7. The van der Waals surface area contributed by atoms with Crippen LogP contribution in [0.1, 0.15) is 34.5 Å². The Bertz CT molecular complexity index is 1180. The first kappa shape index (κ1) is 25.5. The lowest BCUT2D eigenvalue weighted by atomic mass is 10.1. The maximum Gasteiger partial charge on any atom is 0.257 e. The highest BCUT2D eigenvalue weighted by Crippen LogP contribution is 2.38. The second-order valence-electron chi connectivity index (χ2n) is 8.51. The van der Waals surface area contributed by atoms with Crippen LogP contribution < -0.4 is 14.8 Å². The number of likely N-dealkylation sites (N-methyl/N-ethyl adjacent to an activating group) is 1. The van der Waals surface area contributed by atoms with Gasteiger partial charge in [0.1, 0.15) is 9.84 Å². The van der Waals surface area contributed by atoms with Crippen molar-refractivity contribution < 1.29 is 27.5 Å². The molecule has 0 fully saturated rings. The maximum absolute atomic E-state index is 13.6. The van der Waals surface area contributed by atoms with Gasteiger partial charge in [-0.1, -0.05) is 18.2 Å². The molecule has 0 bridgehead atoms. The van der Waals surface area contributed by atoms with Gasteiger partial charge in [0.25, 0.3) is 5.91 Å². The minimum Gasteiger partial charge on any atom is -0.493 e. The van der Waals surface area contributed by atoms with Gasteiger partial charge in [-0.25, -0.2) is 8.42 Å². The fourth-order valence-corrected chi connectivity index (χ4v) is 4.98. The Kier molecular flexibility index (Phi) is 7.83. The number of rotatable bonds is 10. The van der Waals surface area contributed by atoms with E-state index in [-0.39, 0.29) is 30.7 Å². The Morgan fingerprint density at radius 2 is 1.94 bits per heavy atom. The fourth-order valence-electron chi connectivity index (χ4n) is 4.04. The normalized spacial score (nSPS) is 14.2. The lowest BCUT2D eigenvalue weighted by molar-refractivity contribution is -0.116. The van der Waals surface area contributed by atoms with Crippen LogP contribution in [0, 0.1) is 0 Å². The number of fused-ring (bicyclic) bond motifs is 1. The molecular formula is C24H31N3O6S. The van der Waals surface area contributed by atoms with Crippen molar-refractivity contribution in [3.8, 4) is 11.5 Å². The molecule has 184 valence electrons. The van der Waals surface area contributed by atoms with Crippen molar-refractivity contribution in [3.05, 3.63) is 53.1 Å². The summed E-state index contributed by atoms with van der Waals surface area (Å²) in [6.45, 7) is 2.64. The van der Waals surface area contributed by atoms with E-state index < -0.39 is 15.9 Å². The van der Waals surface area contributed by atoms with E-state index in [1.165, 1.54) is 12.0 Å². The molecule has 3 rings (SSSR count). The van der Waals surface area contributed by atoms with E-state index >= 15 is 0 Å². The quantitative estimate of drug-likeness (QED) is 0.546. The first-order valence-electron chi connectivity index (χ1n) is 10.9. The van der Waals surface area contributed by atoms with Crippen molar-refractivity contribution in [1.82, 2.24) is 9.80 Å². The van der Waals surface area contributed by atoms with Crippen LogP contribution in [-0.2, 0) is 21.2 Å². The summed E-state index contributed by atoms with van der Waals surface area (Å²) < 4.78 is 35.7. The number of benzene rings is 2. The van der Waals surface area contributed by atoms with Gasteiger partial charge >= 0.3 is 0 Å². The van der Waals surface area contributed by atoms with E-state index in [0.29, 0.717) is 34.9 Å². The van der Waals surface area contributed by atoms with Crippen molar-refractivity contribution >= 4 is 27.3 Å². The summed E-state index contributed by atoms with van der Waals surface area (Å²) in [6.07, 6.45) is 1.15. The number of nitrogens with one attached hydrogen (secondary N) is 1. The Morgan fingerprint density at radius 3 is 2.56 bits per heavy atom. The zero-order valence-corrected chi connectivity index (χ0v) is 20.9. The minimum atomic E-state index is -3.44. The van der Waals surface area contributed by atoms with E-state index in [1.807, 2.05) is 13.0 Å². The van der Waals surface area contributed by atoms with Crippen molar-refractivity contribution in [1.29, 1.82) is 0 Å². The van der Waals surface area contributed by atoms with Crippen molar-refractivity contribution in [2.75, 3.05) is 51.7 Å². The van der Waals surface area contributed by atoms with Crippen LogP contribution in [0.4, 0.5) is 5.69 Å². The average Bonchev–Trinajstić information content (AvgIpc) is 3.08. The molecule has 0 spiro atoms. The van der Waals surface area contributed by atoms with E-state index in [1.54, 1.807) is 49.3 Å². The molecule has 1 atom stereocenters. The molecule has 2 aromatic carbocycles. The Balaban J connectivity index is 2.00. The maximum atomic E-state index is 13.6. The lowest BCUT2D eigenvalue weighted by Crippen LogP contribution is -2.34. The van der Waals surface area contributed by atoms with Gasteiger partial charge < -0.3 is 24.6 Å². The average molecular weight is 490 g/mol. The van der Waals surface area contributed by atoms with Crippen LogP contribution in [-0.4, -0.2) is 76.4 Å². The van der Waals surface area contributed by atoms with Gasteiger partial charge in [0, 0.05) is 12.8 Å². The topological polar surface area (TPSA) is 105 Å². The van der Waals surface area contributed by atoms with Gasteiger partial charge in [0.05, 0.1) is 43.3 Å². The standard InChI is InChI=1S/C24H31N3O6S/c1-6-33-21-12-16(10-11-20(21)32-4)19(15-34(5,30)31)27-13-17-8-7-9-18(23(17)24(27)29)25-22(28)14-26(2)3/h7-12,19H,6,13-15H2,1-5H3,(H,25,28). The zero-order valence-electron chi connectivity index (χ0n) is 20.1. The third kappa shape index (κ3) is 5.87. The van der Waals surface area contributed by atoms with Gasteiger partial charge in [-0.05, 0) is 50.3 Å². The summed E-state index contributed by atoms with van der Waals surface area (Å²) in [5, 5.41) is 2.81. The van der Waals surface area contributed by atoms with Gasteiger partial charge in [-0.15, -0.1) is 0 Å². The smallest absolute Gasteiger partial charge is 0.257 e. The van der Waals surface area contributed by atoms with E-state index in [2.05, 4.69) is 5.32 Å². The van der Waals surface area contributed by atoms with E-state index in [0.717, 1.165) is 11.8 Å². The molecular weight excluding hydrogens is 458 g/mol. The Labute approximate surface area is 200 Å². The molecule has 2 aromatic rings. The number of carbonyl (C=O) groups is 2. The van der Waals surface area contributed by atoms with Crippen LogP contribution in [0.25, 0.3) is 0 Å². The zero-order chi connectivity index (χ0) is 25.0. The van der Waals surface area contributed by atoms with Gasteiger partial charge in [0.15, 0.2) is 11.5 Å². The summed E-state index contributed by atoms with van der Waals surface area (Å²) >= 11 is 0. The molecule has 9 nitrogen and oxygen atoms in total. The van der Waals surface area contributed by atoms with Gasteiger partial charge in [0.2, 0.25) is 5.91 Å². The predicted octanol–water partition coefficient (Wildman–Crippen LogP) is 2.34. The third-order valence-corrected chi connectivity index (χ3v) is 6.33. The number of methoxy groups -OCH3 is 1. The largest absolute Gasteiger partial charge is 0.493 e. The highest BCUT2D eigenvalue weighted by atomic mass is 32.2. The second kappa shape index (κ2) is 10.4. The molecule has 34 heavy (non-hydrogen) atoms. The van der Waals surface area contributed by atoms with Gasteiger partial charge in [-0.2, -0.15) is 0 Å². The molecule has 1 aliphatic heterocycles. The number of nitrogens with zero attached hydrogens (tertiary/aromatic N) is 2. The summed E-state index contributed by atoms with van der Waals surface area (Å²) in [4.78, 5) is 29.2. The van der Waals surface area contributed by atoms with Crippen LogP contribution in [0.3, 0.4) is 0 Å². The lowest BCUT2D eigenvalue weighted by Gasteiger charge is -2.28. The fraction of sp³-hybridized carbons (Fsp3) is 0.417. The molecule has 0 aliphatic carbocycles. The van der Waals surface area contributed by atoms with Crippen molar-refractivity contribution in [3.63, 3.8) is 0 Å². The van der Waals surface area contributed by atoms with E-state index in [4.69, 9.17) is 9.47 Å². The van der Waals surface area contributed by atoms with E-state index in [9.17, 15) is 18.0 Å². The molecule has 1 unspecified atom stereocenters. The van der Waals surface area contributed by atoms with Crippen LogP contribution in [0.15, 0.2) is 36.4 Å². The molecule has 2 amide bonds. The van der Waals surface area contributed by atoms with Crippen LogP contribution >= 0.6 is 0 Å². The summed E-state index contributed by atoms with van der Waals surface area (Å²) in [7, 11) is 1.64. The highest BCUT2D eigenvalue weighted by Gasteiger charge is 2.37. The highest BCUT2D eigenvalue weighted by molar-refractivity contribution is 7.90. The molecule has 1 N–H and O–H groups in total. The van der Waals surface area contributed by atoms with Crippen molar-refractivity contribution in [2.45, 2.75) is 19.5 Å². The first-order chi connectivity index (χ1) is 16.0. The number of hydrogen-bond donors (Lipinski definition) is 1. The minimum absolute atomic E-state index is 0.171. The molecule has 0 radical (unpaired) electrons. The molecule has 1 aliphatic rings. The number of amides is 2. The SMILES string of the molecule is CCOc1cc(C(CS(C)(=O)=O)N2Cc3cccc(NC(=O)CN(C)C)c3C2=O)ccc1OC. The first-order valence-corrected chi connectivity index (χ1v) is 13.0. The summed E-state index contributed by atoms with van der Waals surface area (Å²) in [5.74, 6) is 0.159. The predicted molar refractivity (Wildman–Crippen MR) is 130 cm³/mol. The van der Waals surface area contributed by atoms with Crippen molar-refractivity contribution in [2.24, 2.45) is 0 Å². The summed E-state index contributed by atoms with van der Waals surface area (Å²) in [6, 6.07) is 9.68. The molecule has 10 heteroatoms.